The Kier molecular flexibility index (Phi) is 15.6. The maximum atomic E-state index is 15.2. The van der Waals surface area contributed by atoms with Crippen LogP contribution >= 0.6 is 0 Å². The van der Waals surface area contributed by atoms with Crippen molar-refractivity contribution in [1.29, 1.82) is 0 Å². The second-order valence-corrected chi connectivity index (χ2v) is 31.6. The Morgan fingerprint density at radius 2 is 1.70 bits per heavy atom. The van der Waals surface area contributed by atoms with Crippen molar-refractivity contribution in [2.24, 2.45) is 52.0 Å². The average molecular weight is 1380 g/mol. The first-order chi connectivity index (χ1) is 50.8. The van der Waals surface area contributed by atoms with Crippen molar-refractivity contribution in [3.8, 4) is 57.3 Å². The lowest BCUT2D eigenvalue weighted by atomic mass is 9.55. The highest BCUT2D eigenvalue weighted by atomic mass is 16.5. The Hall–Kier alpha value is -10.0. The number of benzene rings is 8. The summed E-state index contributed by atoms with van der Waals surface area (Å²) in [6.45, 7) is 4.52. The van der Waals surface area contributed by atoms with Crippen molar-refractivity contribution >= 4 is 62.1 Å². The van der Waals surface area contributed by atoms with Gasteiger partial charge in [0, 0.05) is 101 Å². The molecule has 12 unspecified atom stereocenters. The first-order valence-corrected chi connectivity index (χ1v) is 37.8. The number of aromatic hydroxyl groups is 1. The standard InChI is InChI=1S/C90H88N6O8/c1-88-63-26-20-54(69(88)35-28-63)24-34-71-70-33-25-57-17-18-61-42-60-13-7-11-56-16-19-62-46-89(70,81(57)79(61)78(62)77(56)60)50-90(71)64-27-21-59(72(43-64)94-87(91)92)41-53(48-97)49-103-83-67(32-15-52-10-6-12-58(40-52)68-44-75(88)95-86(68)96-38-37-93-47-76(90)96)82-80(73(100)45-74(104-82)55-22-30-65(98)31-23-55)84(85(83)101-2)102-39-36-66(99)29-14-51-8-4-3-5-9-51/h3-14,17-18,21-23,25,27,29-31,33,40,42-45,53-54,62-63,66,69-71,76,93,95,97-99H,15-16,19-20,26,28,32,35-39,41,46-50H2,1-2H3,(H4,91,92,94). The first-order valence-electron chi connectivity index (χ1n) is 37.8. The molecule has 6 heterocycles. The van der Waals surface area contributed by atoms with Crippen LogP contribution in [0.3, 0.4) is 0 Å². The molecule has 20 rings (SSSR count). The number of aromatic nitrogens is 1. The fourth-order valence-electron chi connectivity index (χ4n) is 21.8. The molecule has 6 aliphatic carbocycles. The third-order valence-electron chi connectivity index (χ3n) is 26.4. The Bertz CT molecular complexity index is 5370. The number of aliphatic imine (C=N–C) groups is 1. The van der Waals surface area contributed by atoms with Crippen LogP contribution in [-0.2, 0) is 41.9 Å². The minimum Gasteiger partial charge on any atom is -0.508 e. The molecule has 1 saturated heterocycles. The van der Waals surface area contributed by atoms with Gasteiger partial charge in [-0.25, -0.2) is 4.99 Å². The molecule has 11 bridgehead atoms. The first kappa shape index (κ1) is 64.8. The Morgan fingerprint density at radius 3 is 2.56 bits per heavy atom. The number of nitrogens with two attached hydrogens (primary N) is 2. The Morgan fingerprint density at radius 1 is 0.846 bits per heavy atom. The van der Waals surface area contributed by atoms with Gasteiger partial charge in [-0.15, -0.1) is 0 Å². The fraction of sp³-hybridized carbons (Fsp3) is 0.356. The van der Waals surface area contributed by atoms with E-state index >= 15 is 4.79 Å². The summed E-state index contributed by atoms with van der Waals surface area (Å²) in [6, 6.07) is 50.4. The summed E-state index contributed by atoms with van der Waals surface area (Å²) in [7, 11) is 1.54. The zero-order valence-corrected chi connectivity index (χ0v) is 59.0. The fourth-order valence-corrected chi connectivity index (χ4v) is 21.8. The summed E-state index contributed by atoms with van der Waals surface area (Å²) in [4.78, 5) is 27.5. The molecular formula is C90H88N6O8. The third-order valence-corrected chi connectivity index (χ3v) is 26.4. The van der Waals surface area contributed by atoms with Gasteiger partial charge in [0.2, 0.25) is 5.75 Å². The van der Waals surface area contributed by atoms with E-state index in [-0.39, 0.29) is 106 Å². The number of piperazine rings is 1. The van der Waals surface area contributed by atoms with Crippen LogP contribution in [0.15, 0.2) is 172 Å². The van der Waals surface area contributed by atoms with Crippen molar-refractivity contribution in [3.05, 3.63) is 224 Å². The monoisotopic (exact) mass is 1380 g/mol. The number of allylic oxidation sites excluding steroid dienone is 1. The van der Waals surface area contributed by atoms with Crippen molar-refractivity contribution in [3.63, 3.8) is 0 Å². The number of anilines is 1. The van der Waals surface area contributed by atoms with Crippen LogP contribution in [0.5, 0.6) is 23.0 Å². The molecule has 4 fully saturated rings. The topological polar surface area (TPSA) is 214 Å². The summed E-state index contributed by atoms with van der Waals surface area (Å²) in [5, 5.41) is 43.5. The summed E-state index contributed by atoms with van der Waals surface area (Å²) in [5.74, 6) is 11.6. The van der Waals surface area contributed by atoms with E-state index in [0.29, 0.717) is 66.1 Å². The molecule has 14 nitrogen and oxygen atoms in total. The third kappa shape index (κ3) is 10.1. The number of nitrogens with one attached hydrogen (secondary N) is 2. The zero-order chi connectivity index (χ0) is 70.3. The molecule has 10 aromatic rings. The molecule has 0 amide bonds. The van der Waals surface area contributed by atoms with Crippen molar-refractivity contribution in [2.75, 3.05) is 51.5 Å². The highest BCUT2D eigenvalue weighted by Crippen LogP contribution is 2.71. The number of nitrogens with zero attached hydrogens (tertiary/aromatic N) is 2. The van der Waals surface area contributed by atoms with Gasteiger partial charge in [-0.1, -0.05) is 140 Å². The van der Waals surface area contributed by atoms with Gasteiger partial charge in [0.05, 0.1) is 38.2 Å². The van der Waals surface area contributed by atoms with Crippen LogP contribution in [0.1, 0.15) is 120 Å². The van der Waals surface area contributed by atoms with E-state index in [9.17, 15) is 15.3 Å². The zero-order valence-electron chi connectivity index (χ0n) is 59.0. The van der Waals surface area contributed by atoms with Crippen LogP contribution in [0.4, 0.5) is 11.5 Å². The maximum Gasteiger partial charge on any atom is 0.204 e. The number of phenolic OH excluding ortho intramolecular Hbond substituents is 1. The van der Waals surface area contributed by atoms with E-state index in [0.717, 1.165) is 91.7 Å². The molecule has 3 saturated carbocycles. The second kappa shape index (κ2) is 25.1. The molecule has 2 spiro atoms. The minimum absolute atomic E-state index is 0.00527. The van der Waals surface area contributed by atoms with Crippen LogP contribution in [0.25, 0.3) is 67.1 Å². The highest BCUT2D eigenvalue weighted by molar-refractivity contribution is 6.08. The largest absolute Gasteiger partial charge is 0.508 e. The van der Waals surface area contributed by atoms with Gasteiger partial charge >= 0.3 is 0 Å². The number of aliphatic hydroxyl groups is 2. The number of phenols is 1. The molecule has 9 N–H and O–H groups in total. The lowest BCUT2D eigenvalue weighted by molar-refractivity contribution is 0.152. The Labute approximate surface area is 605 Å². The number of hydrogen-bond acceptors (Lipinski definition) is 11. The number of fused-ring (bicyclic) bond motifs is 9. The van der Waals surface area contributed by atoms with Crippen molar-refractivity contribution < 1.29 is 33.9 Å². The van der Waals surface area contributed by atoms with E-state index in [2.05, 4.69) is 131 Å². The van der Waals surface area contributed by atoms with Gasteiger partial charge in [-0.3, -0.25) is 4.79 Å². The van der Waals surface area contributed by atoms with E-state index < -0.39 is 17.4 Å². The lowest BCUT2D eigenvalue weighted by Crippen LogP contribution is -2.62. The molecule has 14 heteroatoms. The van der Waals surface area contributed by atoms with Crippen molar-refractivity contribution in [1.82, 2.24) is 10.3 Å². The van der Waals surface area contributed by atoms with Crippen LogP contribution in [-0.4, -0.2) is 85.0 Å². The van der Waals surface area contributed by atoms with Crippen LogP contribution in [0, 0.1) is 47.3 Å². The smallest absolute Gasteiger partial charge is 0.204 e. The van der Waals surface area contributed by atoms with Gasteiger partial charge < -0.3 is 60.6 Å². The number of rotatable bonds is 10. The molecule has 526 valence electrons. The van der Waals surface area contributed by atoms with Crippen LogP contribution in [0.2, 0.25) is 0 Å². The number of hydrogen-bond donors (Lipinski definition) is 7. The summed E-state index contributed by atoms with van der Waals surface area (Å²) < 4.78 is 27.4. The molecular weight excluding hydrogens is 1290 g/mol. The predicted octanol–water partition coefficient (Wildman–Crippen LogP) is 15.0. The molecule has 104 heavy (non-hydrogen) atoms. The van der Waals surface area contributed by atoms with Crippen LogP contribution < -0.4 is 41.3 Å². The molecule has 12 atom stereocenters. The normalized spacial score (nSPS) is 26.9. The summed E-state index contributed by atoms with van der Waals surface area (Å²) >= 11 is 0. The number of methoxy groups -OCH3 is 1. The number of aromatic amines is 1. The highest BCUT2D eigenvalue weighted by Gasteiger charge is 2.68. The summed E-state index contributed by atoms with van der Waals surface area (Å²) in [5.41, 5.74) is 27.3. The summed E-state index contributed by atoms with van der Waals surface area (Å²) in [6.07, 6.45) is 17.7. The maximum absolute atomic E-state index is 15.2. The van der Waals surface area contributed by atoms with E-state index in [1.54, 1.807) is 35.9 Å². The lowest BCUT2D eigenvalue weighted by Gasteiger charge is -2.51. The van der Waals surface area contributed by atoms with Gasteiger partial charge in [0.25, 0.3) is 0 Å². The average Bonchev–Trinajstić information content (AvgIpc) is 1.45. The number of H-pyrrole nitrogens is 1. The quantitative estimate of drug-likeness (QED) is 0.0295. The molecule has 4 aliphatic heterocycles. The van der Waals surface area contributed by atoms with Crippen molar-refractivity contribution in [2.45, 2.75) is 118 Å². The number of ether oxygens (including phenoxy) is 3. The van der Waals surface area contributed by atoms with Gasteiger partial charge in [-0.05, 0) is 202 Å². The van der Waals surface area contributed by atoms with E-state index in [4.69, 9.17) is 35.1 Å². The van der Waals surface area contributed by atoms with Gasteiger partial charge in [0.15, 0.2) is 22.9 Å². The predicted molar refractivity (Wildman–Crippen MR) is 412 cm³/mol. The van der Waals surface area contributed by atoms with Gasteiger partial charge in [-0.2, -0.15) is 0 Å². The minimum atomic E-state index is -0.885. The van der Waals surface area contributed by atoms with Gasteiger partial charge in [0.1, 0.15) is 28.3 Å². The number of guanidine groups is 1. The molecule has 8 aromatic carbocycles. The second-order valence-electron chi connectivity index (χ2n) is 31.6. The van der Waals surface area contributed by atoms with E-state index in [1.807, 2.05) is 36.4 Å². The molecule has 10 aliphatic rings. The number of aliphatic hydroxyl groups excluding tert-OH is 2. The molecule has 0 radical (unpaired) electrons. The number of aryl methyl sites for hydroxylation is 3. The Balaban J connectivity index is 0.828. The van der Waals surface area contributed by atoms with E-state index in [1.165, 1.54) is 69.1 Å². The molecule has 2 aromatic heterocycles. The SMILES string of the molecule is COc1c2c(c3oc(-c4ccc(O)cc4)cc(=O)c3c1OCCC(O)C=Cc1ccccc1)CCc1cccc(c1)-c1cc3[nH]c1N1CCNCC1C1(CC45CC6CCc7cccc8cc9ccc(c4c9c6c78)C=CC5C1C#CC1CCC4CCC1C34C)c1ccc(c(N=C(N)N)c1)CC(CO)CO2.